The molecule has 21 heavy (non-hydrogen) atoms. The second-order valence-electron chi connectivity index (χ2n) is 6.02. The first-order valence-corrected chi connectivity index (χ1v) is 7.59. The van der Waals surface area contributed by atoms with Crippen molar-refractivity contribution in [1.82, 2.24) is 9.80 Å². The maximum Gasteiger partial charge on any atom is 0.225 e. The average Bonchev–Trinajstić information content (AvgIpc) is 2.83. The van der Waals surface area contributed by atoms with Crippen molar-refractivity contribution in [3.63, 3.8) is 0 Å². The first kappa shape index (κ1) is 15.8. The standard InChI is InChI=1S/C16H26N4O/c1-19(2)12-15-7-4-9-20(15)10-8-16(21)18-14-6-3-5-13(17)11-14/h3,5-6,11,15H,4,7-10,12,17H2,1-2H3,(H,18,21). The largest absolute Gasteiger partial charge is 0.399 e. The van der Waals surface area contributed by atoms with Crippen LogP contribution in [0.15, 0.2) is 24.3 Å². The maximum absolute atomic E-state index is 12.0. The number of hydrogen-bond donors (Lipinski definition) is 2. The molecule has 1 saturated heterocycles. The zero-order chi connectivity index (χ0) is 15.2. The molecule has 116 valence electrons. The summed E-state index contributed by atoms with van der Waals surface area (Å²) in [5.41, 5.74) is 7.14. The van der Waals surface area contributed by atoms with Gasteiger partial charge in [0.15, 0.2) is 0 Å². The molecular weight excluding hydrogens is 264 g/mol. The van der Waals surface area contributed by atoms with Gasteiger partial charge in [-0.15, -0.1) is 0 Å². The molecule has 1 amide bonds. The minimum Gasteiger partial charge on any atom is -0.399 e. The molecule has 1 heterocycles. The summed E-state index contributed by atoms with van der Waals surface area (Å²) >= 11 is 0. The van der Waals surface area contributed by atoms with Gasteiger partial charge in [0.1, 0.15) is 0 Å². The molecule has 0 aromatic heterocycles. The molecule has 0 saturated carbocycles. The van der Waals surface area contributed by atoms with Crippen molar-refractivity contribution in [1.29, 1.82) is 0 Å². The quantitative estimate of drug-likeness (QED) is 0.782. The number of anilines is 2. The van der Waals surface area contributed by atoms with E-state index in [-0.39, 0.29) is 5.91 Å². The Hall–Kier alpha value is -1.59. The van der Waals surface area contributed by atoms with Crippen molar-refractivity contribution in [3.8, 4) is 0 Å². The lowest BCUT2D eigenvalue weighted by Crippen LogP contribution is -2.38. The summed E-state index contributed by atoms with van der Waals surface area (Å²) in [5.74, 6) is 0.0519. The second-order valence-corrected chi connectivity index (χ2v) is 6.02. The van der Waals surface area contributed by atoms with E-state index >= 15 is 0 Å². The first-order valence-electron chi connectivity index (χ1n) is 7.59. The molecule has 5 heteroatoms. The van der Waals surface area contributed by atoms with E-state index in [4.69, 9.17) is 5.73 Å². The number of amides is 1. The summed E-state index contributed by atoms with van der Waals surface area (Å²) in [5, 5.41) is 2.91. The lowest BCUT2D eigenvalue weighted by molar-refractivity contribution is -0.116. The van der Waals surface area contributed by atoms with Crippen LogP contribution in [0.2, 0.25) is 0 Å². The summed E-state index contributed by atoms with van der Waals surface area (Å²) in [4.78, 5) is 16.7. The number of carbonyl (C=O) groups is 1. The van der Waals surface area contributed by atoms with E-state index in [0.717, 1.165) is 25.3 Å². The van der Waals surface area contributed by atoms with E-state index in [1.807, 2.05) is 18.2 Å². The SMILES string of the molecule is CN(C)CC1CCCN1CCC(=O)Nc1cccc(N)c1. The monoisotopic (exact) mass is 290 g/mol. The summed E-state index contributed by atoms with van der Waals surface area (Å²) in [7, 11) is 4.20. The van der Waals surface area contributed by atoms with Gasteiger partial charge in [0.2, 0.25) is 5.91 Å². The number of hydrogen-bond acceptors (Lipinski definition) is 4. The predicted octanol–water partition coefficient (Wildman–Crippen LogP) is 1.62. The lowest BCUT2D eigenvalue weighted by atomic mass is 10.2. The Labute approximate surface area is 127 Å². The first-order chi connectivity index (χ1) is 10.0. The van der Waals surface area contributed by atoms with Crippen LogP contribution in [0.3, 0.4) is 0 Å². The fraction of sp³-hybridized carbons (Fsp3) is 0.562. The number of benzene rings is 1. The van der Waals surface area contributed by atoms with Crippen molar-refractivity contribution in [2.75, 3.05) is 44.8 Å². The highest BCUT2D eigenvalue weighted by molar-refractivity contribution is 5.91. The number of likely N-dealkylation sites (tertiary alicyclic amines) is 1. The summed E-state index contributed by atoms with van der Waals surface area (Å²) in [6.07, 6.45) is 2.99. The van der Waals surface area contributed by atoms with E-state index in [1.54, 1.807) is 6.07 Å². The molecule has 0 spiro atoms. The van der Waals surface area contributed by atoms with Gasteiger partial charge < -0.3 is 16.0 Å². The van der Waals surface area contributed by atoms with Crippen LogP contribution in [-0.2, 0) is 4.79 Å². The number of carbonyl (C=O) groups excluding carboxylic acids is 1. The summed E-state index contributed by atoms with van der Waals surface area (Å²) in [6.45, 7) is 2.99. The molecular formula is C16H26N4O. The molecule has 5 nitrogen and oxygen atoms in total. The topological polar surface area (TPSA) is 61.6 Å². The predicted molar refractivity (Wildman–Crippen MR) is 87.3 cm³/mol. The Morgan fingerprint density at radius 2 is 2.29 bits per heavy atom. The Balaban J connectivity index is 1.78. The minimum atomic E-state index is 0.0519. The maximum atomic E-state index is 12.0. The molecule has 0 bridgehead atoms. The van der Waals surface area contributed by atoms with Crippen LogP contribution in [0.1, 0.15) is 19.3 Å². The van der Waals surface area contributed by atoms with Gasteiger partial charge in [-0.05, 0) is 51.7 Å². The van der Waals surface area contributed by atoms with Crippen LogP contribution < -0.4 is 11.1 Å². The summed E-state index contributed by atoms with van der Waals surface area (Å²) in [6, 6.07) is 7.88. The van der Waals surface area contributed by atoms with Crippen LogP contribution >= 0.6 is 0 Å². The molecule has 1 atom stereocenters. The van der Waals surface area contributed by atoms with E-state index in [1.165, 1.54) is 12.8 Å². The van der Waals surface area contributed by atoms with E-state index < -0.39 is 0 Å². The van der Waals surface area contributed by atoms with Gasteiger partial charge >= 0.3 is 0 Å². The number of nitrogens with zero attached hydrogens (tertiary/aromatic N) is 2. The van der Waals surface area contributed by atoms with Gasteiger partial charge in [-0.25, -0.2) is 0 Å². The average molecular weight is 290 g/mol. The van der Waals surface area contributed by atoms with Crippen molar-refractivity contribution < 1.29 is 4.79 Å². The van der Waals surface area contributed by atoms with E-state index in [9.17, 15) is 4.79 Å². The molecule has 1 fully saturated rings. The number of rotatable bonds is 6. The second kappa shape index (κ2) is 7.43. The summed E-state index contributed by atoms with van der Waals surface area (Å²) < 4.78 is 0. The van der Waals surface area contributed by atoms with Crippen molar-refractivity contribution in [2.45, 2.75) is 25.3 Å². The van der Waals surface area contributed by atoms with Crippen molar-refractivity contribution in [2.24, 2.45) is 0 Å². The van der Waals surface area contributed by atoms with Crippen LogP contribution in [0.5, 0.6) is 0 Å². The molecule has 1 unspecified atom stereocenters. The number of nitrogens with two attached hydrogens (primary N) is 1. The molecule has 1 aliphatic heterocycles. The highest BCUT2D eigenvalue weighted by Gasteiger charge is 2.24. The molecule has 0 aliphatic carbocycles. The Kier molecular flexibility index (Phi) is 5.59. The third-order valence-corrected chi connectivity index (χ3v) is 3.87. The van der Waals surface area contributed by atoms with Gasteiger partial charge in [-0.1, -0.05) is 6.07 Å². The Bertz CT molecular complexity index is 475. The van der Waals surface area contributed by atoms with Gasteiger partial charge in [-0.3, -0.25) is 9.69 Å². The third kappa shape index (κ3) is 5.02. The zero-order valence-corrected chi connectivity index (χ0v) is 13.0. The number of nitrogens with one attached hydrogen (secondary N) is 1. The fourth-order valence-corrected chi connectivity index (χ4v) is 2.90. The van der Waals surface area contributed by atoms with Crippen LogP contribution in [0.25, 0.3) is 0 Å². The third-order valence-electron chi connectivity index (χ3n) is 3.87. The van der Waals surface area contributed by atoms with E-state index in [2.05, 4.69) is 29.2 Å². The smallest absolute Gasteiger partial charge is 0.225 e. The van der Waals surface area contributed by atoms with Crippen LogP contribution in [0.4, 0.5) is 11.4 Å². The fourth-order valence-electron chi connectivity index (χ4n) is 2.90. The molecule has 1 aromatic carbocycles. The molecule has 3 N–H and O–H groups in total. The van der Waals surface area contributed by atoms with Gasteiger partial charge in [0.25, 0.3) is 0 Å². The molecule has 1 aromatic rings. The Morgan fingerprint density at radius 1 is 1.48 bits per heavy atom. The lowest BCUT2D eigenvalue weighted by Gasteiger charge is -2.26. The Morgan fingerprint density at radius 3 is 3.00 bits per heavy atom. The number of nitrogen functional groups attached to an aromatic ring is 1. The zero-order valence-electron chi connectivity index (χ0n) is 13.0. The molecule has 0 radical (unpaired) electrons. The van der Waals surface area contributed by atoms with Gasteiger partial charge in [-0.2, -0.15) is 0 Å². The van der Waals surface area contributed by atoms with Gasteiger partial charge in [0.05, 0.1) is 0 Å². The highest BCUT2D eigenvalue weighted by atomic mass is 16.1. The van der Waals surface area contributed by atoms with Crippen LogP contribution in [0, 0.1) is 0 Å². The van der Waals surface area contributed by atoms with Crippen LogP contribution in [-0.4, -0.2) is 55.5 Å². The van der Waals surface area contributed by atoms with E-state index in [0.29, 0.717) is 18.2 Å². The molecule has 1 aliphatic rings. The van der Waals surface area contributed by atoms with Gasteiger partial charge in [0, 0.05) is 36.9 Å². The van der Waals surface area contributed by atoms with Crippen molar-refractivity contribution in [3.05, 3.63) is 24.3 Å². The van der Waals surface area contributed by atoms with Crippen molar-refractivity contribution >= 4 is 17.3 Å². The highest BCUT2D eigenvalue weighted by Crippen LogP contribution is 2.18. The minimum absolute atomic E-state index is 0.0519. The molecule has 2 rings (SSSR count). The number of likely N-dealkylation sites (N-methyl/N-ethyl adjacent to an activating group) is 1. The normalized spacial score (nSPS) is 19.1.